The minimum Gasteiger partial charge on any atom is -0.470 e. The average Bonchev–Trinajstić information content (AvgIpc) is 2.68. The lowest BCUT2D eigenvalue weighted by molar-refractivity contribution is 0.157. The smallest absolute Gasteiger partial charge is 0.217 e. The second-order valence-corrected chi connectivity index (χ2v) is 7.09. The van der Waals surface area contributed by atoms with Gasteiger partial charge in [0, 0.05) is 17.1 Å². The lowest BCUT2D eigenvalue weighted by atomic mass is 9.94. The molecule has 0 amide bonds. The van der Waals surface area contributed by atoms with Gasteiger partial charge in [0.25, 0.3) is 0 Å². The van der Waals surface area contributed by atoms with Crippen LogP contribution in [0.4, 0.5) is 5.82 Å². The molecule has 5 nitrogen and oxygen atoms in total. The SMILES string of the molecule is CCC(CCN)c1cccnc1OC1CN(c2ccc3ccccc3n2)C1. The van der Waals surface area contributed by atoms with Crippen molar-refractivity contribution in [1.82, 2.24) is 9.97 Å². The van der Waals surface area contributed by atoms with Crippen molar-refractivity contribution in [2.45, 2.75) is 31.8 Å². The summed E-state index contributed by atoms with van der Waals surface area (Å²) >= 11 is 0. The van der Waals surface area contributed by atoms with Gasteiger partial charge in [0.05, 0.1) is 18.6 Å². The number of rotatable bonds is 7. The van der Waals surface area contributed by atoms with Gasteiger partial charge in [-0.2, -0.15) is 0 Å². The van der Waals surface area contributed by atoms with E-state index >= 15 is 0 Å². The van der Waals surface area contributed by atoms with Crippen LogP contribution in [0.15, 0.2) is 54.7 Å². The molecule has 5 heteroatoms. The van der Waals surface area contributed by atoms with E-state index in [0.29, 0.717) is 12.5 Å². The minimum absolute atomic E-state index is 0.141. The molecule has 1 saturated heterocycles. The van der Waals surface area contributed by atoms with Crippen molar-refractivity contribution in [3.8, 4) is 5.88 Å². The highest BCUT2D eigenvalue weighted by atomic mass is 16.5. The lowest BCUT2D eigenvalue weighted by Crippen LogP contribution is -2.54. The van der Waals surface area contributed by atoms with Crippen molar-refractivity contribution in [3.05, 3.63) is 60.3 Å². The number of pyridine rings is 2. The first kappa shape index (κ1) is 17.7. The molecule has 1 unspecified atom stereocenters. The highest BCUT2D eigenvalue weighted by Gasteiger charge is 2.31. The summed E-state index contributed by atoms with van der Waals surface area (Å²) in [5.74, 6) is 2.16. The molecular formula is C22H26N4O. The zero-order valence-electron chi connectivity index (χ0n) is 15.7. The van der Waals surface area contributed by atoms with Crippen molar-refractivity contribution in [2.75, 3.05) is 24.5 Å². The second-order valence-electron chi connectivity index (χ2n) is 7.09. The van der Waals surface area contributed by atoms with Gasteiger partial charge in [0.2, 0.25) is 5.88 Å². The van der Waals surface area contributed by atoms with E-state index in [4.69, 9.17) is 15.5 Å². The van der Waals surface area contributed by atoms with Crippen molar-refractivity contribution >= 4 is 16.7 Å². The summed E-state index contributed by atoms with van der Waals surface area (Å²) < 4.78 is 6.23. The molecule has 1 aliphatic heterocycles. The van der Waals surface area contributed by atoms with Crippen LogP contribution in [-0.4, -0.2) is 35.7 Å². The van der Waals surface area contributed by atoms with E-state index in [1.54, 1.807) is 6.20 Å². The summed E-state index contributed by atoms with van der Waals surface area (Å²) in [6, 6.07) is 16.5. The summed E-state index contributed by atoms with van der Waals surface area (Å²) in [5.41, 5.74) is 7.98. The molecule has 0 spiro atoms. The van der Waals surface area contributed by atoms with Gasteiger partial charge < -0.3 is 15.4 Å². The molecule has 2 aromatic heterocycles. The maximum atomic E-state index is 6.23. The van der Waals surface area contributed by atoms with Gasteiger partial charge >= 0.3 is 0 Å². The van der Waals surface area contributed by atoms with Gasteiger partial charge in [0.15, 0.2) is 0 Å². The Bertz CT molecular complexity index is 907. The van der Waals surface area contributed by atoms with Gasteiger partial charge in [-0.05, 0) is 49.6 Å². The number of ether oxygens (including phenoxy) is 1. The number of hydrogen-bond acceptors (Lipinski definition) is 5. The fourth-order valence-corrected chi connectivity index (χ4v) is 3.68. The van der Waals surface area contributed by atoms with Crippen LogP contribution in [0.5, 0.6) is 5.88 Å². The van der Waals surface area contributed by atoms with Crippen molar-refractivity contribution in [3.63, 3.8) is 0 Å². The van der Waals surface area contributed by atoms with Crippen LogP contribution in [0.2, 0.25) is 0 Å². The monoisotopic (exact) mass is 362 g/mol. The zero-order valence-corrected chi connectivity index (χ0v) is 15.7. The van der Waals surface area contributed by atoms with Crippen LogP contribution in [0.1, 0.15) is 31.2 Å². The largest absolute Gasteiger partial charge is 0.470 e. The van der Waals surface area contributed by atoms with E-state index in [9.17, 15) is 0 Å². The van der Waals surface area contributed by atoms with Gasteiger partial charge in [-0.25, -0.2) is 9.97 Å². The van der Waals surface area contributed by atoms with E-state index < -0.39 is 0 Å². The molecule has 1 aromatic carbocycles. The Balaban J connectivity index is 1.43. The highest BCUT2D eigenvalue weighted by Crippen LogP contribution is 2.31. The predicted octanol–water partition coefficient (Wildman–Crippen LogP) is 3.74. The molecule has 1 atom stereocenters. The zero-order chi connectivity index (χ0) is 18.6. The van der Waals surface area contributed by atoms with Crippen LogP contribution in [0, 0.1) is 0 Å². The van der Waals surface area contributed by atoms with Crippen LogP contribution >= 0.6 is 0 Å². The quantitative estimate of drug-likeness (QED) is 0.694. The molecule has 1 aliphatic rings. The summed E-state index contributed by atoms with van der Waals surface area (Å²) in [4.78, 5) is 11.5. The van der Waals surface area contributed by atoms with Crippen molar-refractivity contribution in [2.24, 2.45) is 5.73 Å². The first-order chi connectivity index (χ1) is 13.3. The number of para-hydroxylation sites is 1. The molecule has 0 radical (unpaired) electrons. The van der Waals surface area contributed by atoms with Gasteiger partial charge in [-0.3, -0.25) is 0 Å². The molecule has 0 aliphatic carbocycles. The maximum absolute atomic E-state index is 6.23. The third-order valence-corrected chi connectivity index (χ3v) is 5.28. The Morgan fingerprint density at radius 1 is 1.15 bits per heavy atom. The fourth-order valence-electron chi connectivity index (χ4n) is 3.68. The molecule has 27 heavy (non-hydrogen) atoms. The van der Waals surface area contributed by atoms with E-state index in [0.717, 1.165) is 43.1 Å². The standard InChI is InChI=1S/C22H26N4O/c1-2-16(11-12-23)19-7-5-13-24-22(19)27-18-14-26(15-18)21-10-9-17-6-3-4-8-20(17)25-21/h3-10,13,16,18H,2,11-12,14-15,23H2,1H3. The normalized spacial score (nSPS) is 15.6. The summed E-state index contributed by atoms with van der Waals surface area (Å²) in [6.07, 6.45) is 3.94. The van der Waals surface area contributed by atoms with Crippen LogP contribution in [0.3, 0.4) is 0 Å². The lowest BCUT2D eigenvalue weighted by Gasteiger charge is -2.40. The number of benzene rings is 1. The van der Waals surface area contributed by atoms with E-state index in [2.05, 4.69) is 47.1 Å². The molecule has 2 N–H and O–H groups in total. The van der Waals surface area contributed by atoms with Gasteiger partial charge in [-0.15, -0.1) is 0 Å². The molecule has 3 aromatic rings. The number of anilines is 1. The van der Waals surface area contributed by atoms with Crippen LogP contribution < -0.4 is 15.4 Å². The number of fused-ring (bicyclic) bond motifs is 1. The van der Waals surface area contributed by atoms with Gasteiger partial charge in [-0.1, -0.05) is 31.2 Å². The molecule has 1 fully saturated rings. The highest BCUT2D eigenvalue weighted by molar-refractivity contribution is 5.80. The third kappa shape index (κ3) is 3.74. The first-order valence-electron chi connectivity index (χ1n) is 9.71. The number of nitrogens with two attached hydrogens (primary N) is 1. The Kier molecular flexibility index (Phi) is 5.21. The maximum Gasteiger partial charge on any atom is 0.217 e. The second kappa shape index (κ2) is 7.92. The van der Waals surface area contributed by atoms with Crippen LogP contribution in [0.25, 0.3) is 10.9 Å². The molecule has 3 heterocycles. The van der Waals surface area contributed by atoms with Crippen LogP contribution in [-0.2, 0) is 0 Å². The average molecular weight is 362 g/mol. The molecule has 0 bridgehead atoms. The molecule has 4 rings (SSSR count). The van der Waals surface area contributed by atoms with E-state index in [1.165, 1.54) is 10.9 Å². The van der Waals surface area contributed by atoms with Crippen molar-refractivity contribution in [1.29, 1.82) is 0 Å². The third-order valence-electron chi connectivity index (χ3n) is 5.28. The molecule has 140 valence electrons. The van der Waals surface area contributed by atoms with Crippen molar-refractivity contribution < 1.29 is 4.74 Å². The molecular weight excluding hydrogens is 336 g/mol. The number of nitrogens with zero attached hydrogens (tertiary/aromatic N) is 3. The Morgan fingerprint density at radius 3 is 2.81 bits per heavy atom. The van der Waals surface area contributed by atoms with Gasteiger partial charge in [0.1, 0.15) is 11.9 Å². The predicted molar refractivity (Wildman–Crippen MR) is 109 cm³/mol. The Morgan fingerprint density at radius 2 is 2.00 bits per heavy atom. The molecule has 0 saturated carbocycles. The Hall–Kier alpha value is -2.66. The first-order valence-corrected chi connectivity index (χ1v) is 9.71. The number of aromatic nitrogens is 2. The minimum atomic E-state index is 0.141. The van der Waals surface area contributed by atoms with E-state index in [1.807, 2.05) is 18.2 Å². The fraction of sp³-hybridized carbons (Fsp3) is 0.364. The van der Waals surface area contributed by atoms with E-state index in [-0.39, 0.29) is 6.10 Å². The summed E-state index contributed by atoms with van der Waals surface area (Å²) in [6.45, 7) is 4.52. The summed E-state index contributed by atoms with van der Waals surface area (Å²) in [5, 5.41) is 1.17. The summed E-state index contributed by atoms with van der Waals surface area (Å²) in [7, 11) is 0. The Labute approximate surface area is 160 Å². The number of hydrogen-bond donors (Lipinski definition) is 1. The topological polar surface area (TPSA) is 64.3 Å².